The van der Waals surface area contributed by atoms with Gasteiger partial charge in [-0.1, -0.05) is 5.16 Å². The number of hydrogen-bond donors (Lipinski definition) is 4. The molecule has 76 valence electrons. The molecule has 0 bridgehead atoms. The number of nitrogens with zero attached hydrogens (tertiary/aromatic N) is 1. The van der Waals surface area contributed by atoms with E-state index in [0.29, 0.717) is 25.4 Å². The molecule has 5 nitrogen and oxygen atoms in total. The molecule has 1 rings (SSSR count). The van der Waals surface area contributed by atoms with Gasteiger partial charge in [0.1, 0.15) is 5.84 Å². The molecule has 0 aliphatic heterocycles. The summed E-state index contributed by atoms with van der Waals surface area (Å²) < 4.78 is 0. The van der Waals surface area contributed by atoms with Crippen LogP contribution in [0.2, 0.25) is 0 Å². The van der Waals surface area contributed by atoms with E-state index < -0.39 is 0 Å². The Hall–Kier alpha value is -0.810. The topological polar surface area (TPSA) is 90.9 Å². The predicted molar refractivity (Wildman–Crippen MR) is 49.6 cm³/mol. The Morgan fingerprint density at radius 3 is 2.85 bits per heavy atom. The van der Waals surface area contributed by atoms with E-state index in [1.807, 2.05) is 0 Å². The van der Waals surface area contributed by atoms with Gasteiger partial charge in [0.25, 0.3) is 0 Å². The van der Waals surface area contributed by atoms with Crippen LogP contribution in [0.1, 0.15) is 19.3 Å². The smallest absolute Gasteiger partial charge is 0.140 e. The Bertz CT molecular complexity index is 180. The largest absolute Gasteiger partial charge is 0.409 e. The molecule has 1 aliphatic rings. The summed E-state index contributed by atoms with van der Waals surface area (Å²) in [6.45, 7) is 1.24. The highest BCUT2D eigenvalue weighted by Gasteiger charge is 2.28. The monoisotopic (exact) mass is 187 g/mol. The zero-order chi connectivity index (χ0) is 9.68. The van der Waals surface area contributed by atoms with Gasteiger partial charge in [0.05, 0.1) is 6.10 Å². The van der Waals surface area contributed by atoms with Gasteiger partial charge < -0.3 is 21.4 Å². The lowest BCUT2D eigenvalue weighted by Crippen LogP contribution is -2.30. The van der Waals surface area contributed by atoms with Crippen molar-refractivity contribution in [3.8, 4) is 0 Å². The third-order valence-corrected chi connectivity index (χ3v) is 2.21. The van der Waals surface area contributed by atoms with E-state index in [1.165, 1.54) is 0 Å². The third-order valence-electron chi connectivity index (χ3n) is 2.21. The lowest BCUT2D eigenvalue weighted by atomic mass is 10.2. The second-order valence-electron chi connectivity index (χ2n) is 3.45. The molecule has 1 aliphatic carbocycles. The summed E-state index contributed by atoms with van der Waals surface area (Å²) in [7, 11) is 0. The lowest BCUT2D eigenvalue weighted by Gasteiger charge is -2.09. The molecule has 0 amide bonds. The number of rotatable bonds is 6. The molecule has 0 radical (unpaired) electrons. The van der Waals surface area contributed by atoms with Crippen LogP contribution in [0.15, 0.2) is 5.16 Å². The van der Waals surface area contributed by atoms with E-state index >= 15 is 0 Å². The first-order valence-electron chi connectivity index (χ1n) is 4.59. The molecule has 5 heteroatoms. The molecule has 1 fully saturated rings. The summed E-state index contributed by atoms with van der Waals surface area (Å²) in [4.78, 5) is 0. The molecule has 1 saturated carbocycles. The van der Waals surface area contributed by atoms with Crippen LogP contribution < -0.4 is 11.1 Å². The Kier molecular flexibility index (Phi) is 3.98. The fraction of sp³-hybridized carbons (Fsp3) is 0.875. The molecule has 0 aromatic rings. The van der Waals surface area contributed by atoms with E-state index in [4.69, 9.17) is 10.9 Å². The average Bonchev–Trinajstić information content (AvgIpc) is 2.94. The highest BCUT2D eigenvalue weighted by Crippen LogP contribution is 2.32. The minimum Gasteiger partial charge on any atom is -0.409 e. The SMILES string of the molecule is NC(CCNCC(O)C1CC1)=NO. The molecule has 0 heterocycles. The molecule has 13 heavy (non-hydrogen) atoms. The molecule has 1 unspecified atom stereocenters. The summed E-state index contributed by atoms with van der Waals surface area (Å²) in [5.74, 6) is 0.713. The standard InChI is InChI=1S/C8H17N3O2/c9-8(11-13)3-4-10-5-7(12)6-1-2-6/h6-7,10,12-13H,1-5H2,(H2,9,11). The summed E-state index contributed by atoms with van der Waals surface area (Å²) in [6.07, 6.45) is 2.56. The molecule has 0 spiro atoms. The van der Waals surface area contributed by atoms with E-state index in [1.54, 1.807) is 0 Å². The predicted octanol–water partition coefficient (Wildman–Crippen LogP) is -0.517. The van der Waals surface area contributed by atoms with Gasteiger partial charge in [-0.3, -0.25) is 0 Å². The van der Waals surface area contributed by atoms with Crippen LogP contribution in [-0.4, -0.2) is 35.3 Å². The van der Waals surface area contributed by atoms with E-state index in [2.05, 4.69) is 10.5 Å². The first kappa shape index (κ1) is 10.3. The van der Waals surface area contributed by atoms with Gasteiger partial charge in [-0.2, -0.15) is 0 Å². The molecule has 5 N–H and O–H groups in total. The second kappa shape index (κ2) is 5.04. The highest BCUT2D eigenvalue weighted by atomic mass is 16.4. The minimum atomic E-state index is -0.229. The third kappa shape index (κ3) is 4.10. The maximum atomic E-state index is 9.44. The number of nitrogens with two attached hydrogens (primary N) is 1. The number of oxime groups is 1. The van der Waals surface area contributed by atoms with Gasteiger partial charge in [0.2, 0.25) is 0 Å². The summed E-state index contributed by atoms with van der Waals surface area (Å²) in [5, 5.41) is 23.6. The molecule has 1 atom stereocenters. The molecular weight excluding hydrogens is 170 g/mol. The van der Waals surface area contributed by atoms with Crippen molar-refractivity contribution in [1.29, 1.82) is 0 Å². The van der Waals surface area contributed by atoms with Crippen molar-refractivity contribution in [2.24, 2.45) is 16.8 Å². The zero-order valence-electron chi connectivity index (χ0n) is 7.61. The lowest BCUT2D eigenvalue weighted by molar-refractivity contribution is 0.149. The molecule has 0 aromatic carbocycles. The average molecular weight is 187 g/mol. The maximum absolute atomic E-state index is 9.44. The quantitative estimate of drug-likeness (QED) is 0.148. The fourth-order valence-corrected chi connectivity index (χ4v) is 1.16. The van der Waals surface area contributed by atoms with Gasteiger partial charge in [0, 0.05) is 19.5 Å². The molecule has 0 aromatic heterocycles. The van der Waals surface area contributed by atoms with Gasteiger partial charge in [-0.15, -0.1) is 0 Å². The minimum absolute atomic E-state index is 0.216. The Balaban J connectivity index is 1.94. The van der Waals surface area contributed by atoms with Gasteiger partial charge in [-0.25, -0.2) is 0 Å². The normalized spacial score (nSPS) is 20.2. The van der Waals surface area contributed by atoms with Crippen molar-refractivity contribution in [2.45, 2.75) is 25.4 Å². The van der Waals surface area contributed by atoms with Crippen LogP contribution in [0.25, 0.3) is 0 Å². The van der Waals surface area contributed by atoms with Gasteiger partial charge in [0.15, 0.2) is 0 Å². The maximum Gasteiger partial charge on any atom is 0.140 e. The Morgan fingerprint density at radius 1 is 1.62 bits per heavy atom. The molecule has 0 saturated heterocycles. The van der Waals surface area contributed by atoms with Crippen LogP contribution in [-0.2, 0) is 0 Å². The summed E-state index contributed by atoms with van der Waals surface area (Å²) >= 11 is 0. The van der Waals surface area contributed by atoms with Crippen LogP contribution in [0, 0.1) is 5.92 Å². The second-order valence-corrected chi connectivity index (χ2v) is 3.45. The van der Waals surface area contributed by atoms with E-state index in [9.17, 15) is 5.11 Å². The number of hydrogen-bond acceptors (Lipinski definition) is 4. The first-order valence-corrected chi connectivity index (χ1v) is 4.59. The van der Waals surface area contributed by atoms with Crippen LogP contribution >= 0.6 is 0 Å². The highest BCUT2D eigenvalue weighted by molar-refractivity contribution is 5.79. The van der Waals surface area contributed by atoms with Crippen molar-refractivity contribution in [3.05, 3.63) is 0 Å². The number of nitrogens with one attached hydrogen (secondary N) is 1. The van der Waals surface area contributed by atoms with Crippen LogP contribution in [0.3, 0.4) is 0 Å². The van der Waals surface area contributed by atoms with E-state index in [0.717, 1.165) is 12.8 Å². The summed E-state index contributed by atoms with van der Waals surface area (Å²) in [6, 6.07) is 0. The van der Waals surface area contributed by atoms with Crippen molar-refractivity contribution in [3.63, 3.8) is 0 Å². The van der Waals surface area contributed by atoms with Crippen LogP contribution in [0.5, 0.6) is 0 Å². The Labute approximate surface area is 77.6 Å². The fourth-order valence-electron chi connectivity index (χ4n) is 1.16. The first-order chi connectivity index (χ1) is 6.24. The summed E-state index contributed by atoms with van der Waals surface area (Å²) in [5.41, 5.74) is 5.26. The van der Waals surface area contributed by atoms with Crippen molar-refractivity contribution >= 4 is 5.84 Å². The van der Waals surface area contributed by atoms with Gasteiger partial charge in [-0.05, 0) is 18.8 Å². The van der Waals surface area contributed by atoms with Crippen molar-refractivity contribution in [2.75, 3.05) is 13.1 Å². The van der Waals surface area contributed by atoms with Crippen LogP contribution in [0.4, 0.5) is 0 Å². The number of aliphatic hydroxyl groups is 1. The van der Waals surface area contributed by atoms with Gasteiger partial charge >= 0.3 is 0 Å². The number of amidine groups is 1. The number of aliphatic hydroxyl groups excluding tert-OH is 1. The van der Waals surface area contributed by atoms with Crippen molar-refractivity contribution < 1.29 is 10.3 Å². The Morgan fingerprint density at radius 2 is 2.31 bits per heavy atom. The zero-order valence-corrected chi connectivity index (χ0v) is 7.61. The van der Waals surface area contributed by atoms with E-state index in [-0.39, 0.29) is 11.9 Å². The van der Waals surface area contributed by atoms with Crippen molar-refractivity contribution in [1.82, 2.24) is 5.32 Å². The molecular formula is C8H17N3O2.